The molecule has 1 atom stereocenters. The van der Waals surface area contributed by atoms with Gasteiger partial charge >= 0.3 is 0 Å². The summed E-state index contributed by atoms with van der Waals surface area (Å²) >= 11 is 0. The van der Waals surface area contributed by atoms with Crippen LogP contribution < -0.4 is 10.6 Å². The van der Waals surface area contributed by atoms with Crippen LogP contribution in [-0.2, 0) is 0 Å². The van der Waals surface area contributed by atoms with Crippen LogP contribution in [0.2, 0.25) is 0 Å². The highest BCUT2D eigenvalue weighted by molar-refractivity contribution is 5.19. The van der Waals surface area contributed by atoms with Gasteiger partial charge in [-0.1, -0.05) is 50.1 Å². The lowest BCUT2D eigenvalue weighted by atomic mass is 10.1. The van der Waals surface area contributed by atoms with Crippen molar-refractivity contribution in [3.05, 3.63) is 35.9 Å². The number of benzene rings is 1. The number of unbranched alkanes of at least 4 members (excludes halogenated alkanes) is 2. The molecule has 0 radical (unpaired) electrons. The Morgan fingerprint density at radius 3 is 2.50 bits per heavy atom. The van der Waals surface area contributed by atoms with Gasteiger partial charge in [-0.3, -0.25) is 0 Å². The lowest BCUT2D eigenvalue weighted by Gasteiger charge is -2.18. The zero-order valence-electron chi connectivity index (χ0n) is 10.5. The highest BCUT2D eigenvalue weighted by atomic mass is 15.0. The molecule has 0 fully saturated rings. The van der Waals surface area contributed by atoms with E-state index in [9.17, 15) is 0 Å². The third-order valence-corrected chi connectivity index (χ3v) is 2.78. The summed E-state index contributed by atoms with van der Waals surface area (Å²) in [5, 5.41) is 6.85. The van der Waals surface area contributed by atoms with E-state index in [1.165, 1.54) is 24.8 Å². The summed E-state index contributed by atoms with van der Waals surface area (Å²) < 4.78 is 0. The van der Waals surface area contributed by atoms with Crippen LogP contribution in [0, 0.1) is 0 Å². The molecule has 16 heavy (non-hydrogen) atoms. The van der Waals surface area contributed by atoms with Crippen molar-refractivity contribution in [2.24, 2.45) is 0 Å². The predicted molar refractivity (Wildman–Crippen MR) is 70.6 cm³/mol. The van der Waals surface area contributed by atoms with Gasteiger partial charge in [0.15, 0.2) is 0 Å². The number of rotatable bonds is 8. The number of hydrogen-bond donors (Lipinski definition) is 2. The van der Waals surface area contributed by atoms with Gasteiger partial charge in [0, 0.05) is 12.6 Å². The van der Waals surface area contributed by atoms with E-state index in [1.807, 2.05) is 7.05 Å². The molecule has 0 heterocycles. The molecule has 1 aromatic carbocycles. The van der Waals surface area contributed by atoms with Gasteiger partial charge < -0.3 is 10.6 Å². The first-order chi connectivity index (χ1) is 7.88. The van der Waals surface area contributed by atoms with Crippen LogP contribution in [0.1, 0.15) is 37.8 Å². The summed E-state index contributed by atoms with van der Waals surface area (Å²) in [5.74, 6) is 0. The molecular formula is C14H24N2. The summed E-state index contributed by atoms with van der Waals surface area (Å²) in [6, 6.07) is 11.1. The smallest absolute Gasteiger partial charge is 0.0446 e. The quantitative estimate of drug-likeness (QED) is 0.658. The van der Waals surface area contributed by atoms with Gasteiger partial charge in [0.25, 0.3) is 0 Å². The molecule has 0 saturated carbocycles. The zero-order valence-corrected chi connectivity index (χ0v) is 10.5. The molecule has 2 heteroatoms. The number of nitrogens with one attached hydrogen (secondary N) is 2. The summed E-state index contributed by atoms with van der Waals surface area (Å²) in [6.07, 6.45) is 3.86. The summed E-state index contributed by atoms with van der Waals surface area (Å²) in [6.45, 7) is 4.33. The molecule has 1 rings (SSSR count). The molecule has 0 aliphatic carbocycles. The molecule has 0 saturated heterocycles. The fourth-order valence-corrected chi connectivity index (χ4v) is 1.85. The average molecular weight is 220 g/mol. The molecular weight excluding hydrogens is 196 g/mol. The minimum Gasteiger partial charge on any atom is -0.318 e. The maximum absolute atomic E-state index is 3.61. The molecule has 0 amide bonds. The largest absolute Gasteiger partial charge is 0.318 e. The lowest BCUT2D eigenvalue weighted by Crippen LogP contribution is -2.30. The average Bonchev–Trinajstić information content (AvgIpc) is 2.34. The van der Waals surface area contributed by atoms with E-state index < -0.39 is 0 Å². The Hall–Kier alpha value is -0.860. The second kappa shape index (κ2) is 8.31. The Kier molecular flexibility index (Phi) is 6.86. The van der Waals surface area contributed by atoms with E-state index >= 15 is 0 Å². The van der Waals surface area contributed by atoms with Crippen LogP contribution in [0.5, 0.6) is 0 Å². The molecule has 1 aromatic rings. The van der Waals surface area contributed by atoms with Gasteiger partial charge in [0.1, 0.15) is 0 Å². The van der Waals surface area contributed by atoms with Crippen molar-refractivity contribution >= 4 is 0 Å². The van der Waals surface area contributed by atoms with Crippen LogP contribution >= 0.6 is 0 Å². The molecule has 0 aliphatic heterocycles. The SMILES string of the molecule is CCCCCNC(CNC)c1ccccc1. The highest BCUT2D eigenvalue weighted by Crippen LogP contribution is 2.11. The fourth-order valence-electron chi connectivity index (χ4n) is 1.85. The summed E-state index contributed by atoms with van der Waals surface area (Å²) in [4.78, 5) is 0. The van der Waals surface area contributed by atoms with Crippen LogP contribution in [0.4, 0.5) is 0 Å². The molecule has 90 valence electrons. The Balaban J connectivity index is 2.41. The summed E-state index contributed by atoms with van der Waals surface area (Å²) in [7, 11) is 2.00. The minimum absolute atomic E-state index is 0.433. The third kappa shape index (κ3) is 4.77. The first-order valence-corrected chi connectivity index (χ1v) is 6.31. The molecule has 0 bridgehead atoms. The van der Waals surface area contributed by atoms with E-state index in [-0.39, 0.29) is 0 Å². The molecule has 1 unspecified atom stereocenters. The van der Waals surface area contributed by atoms with Gasteiger partial charge in [-0.05, 0) is 25.6 Å². The number of likely N-dealkylation sites (N-methyl/N-ethyl adjacent to an activating group) is 1. The maximum Gasteiger partial charge on any atom is 0.0446 e. The Morgan fingerprint density at radius 1 is 1.12 bits per heavy atom. The van der Waals surface area contributed by atoms with Crippen molar-refractivity contribution in [3.63, 3.8) is 0 Å². The molecule has 2 N–H and O–H groups in total. The van der Waals surface area contributed by atoms with Crippen molar-refractivity contribution < 1.29 is 0 Å². The molecule has 0 spiro atoms. The standard InChI is InChI=1S/C14H24N2/c1-3-4-8-11-16-14(12-15-2)13-9-6-5-7-10-13/h5-7,9-10,14-16H,3-4,8,11-12H2,1-2H3. The van der Waals surface area contributed by atoms with Gasteiger partial charge in [-0.15, -0.1) is 0 Å². The fraction of sp³-hybridized carbons (Fsp3) is 0.571. The van der Waals surface area contributed by atoms with Crippen molar-refractivity contribution in [2.75, 3.05) is 20.1 Å². The highest BCUT2D eigenvalue weighted by Gasteiger charge is 2.08. The van der Waals surface area contributed by atoms with Gasteiger partial charge in [0.2, 0.25) is 0 Å². The molecule has 2 nitrogen and oxygen atoms in total. The monoisotopic (exact) mass is 220 g/mol. The van der Waals surface area contributed by atoms with Gasteiger partial charge in [-0.2, -0.15) is 0 Å². The third-order valence-electron chi connectivity index (χ3n) is 2.78. The van der Waals surface area contributed by atoms with Gasteiger partial charge in [-0.25, -0.2) is 0 Å². The minimum atomic E-state index is 0.433. The van der Waals surface area contributed by atoms with E-state index in [0.717, 1.165) is 13.1 Å². The Morgan fingerprint density at radius 2 is 1.88 bits per heavy atom. The zero-order chi connectivity index (χ0) is 11.6. The Labute approximate surface area is 99.5 Å². The van der Waals surface area contributed by atoms with Crippen molar-refractivity contribution in [1.29, 1.82) is 0 Å². The van der Waals surface area contributed by atoms with Gasteiger partial charge in [0.05, 0.1) is 0 Å². The number of hydrogen-bond acceptors (Lipinski definition) is 2. The normalized spacial score (nSPS) is 12.6. The van der Waals surface area contributed by atoms with Crippen LogP contribution in [0.25, 0.3) is 0 Å². The van der Waals surface area contributed by atoms with Crippen LogP contribution in [-0.4, -0.2) is 20.1 Å². The molecule has 0 aliphatic rings. The first-order valence-electron chi connectivity index (χ1n) is 6.31. The summed E-state index contributed by atoms with van der Waals surface area (Å²) in [5.41, 5.74) is 1.37. The first kappa shape index (κ1) is 13.2. The van der Waals surface area contributed by atoms with E-state index in [0.29, 0.717) is 6.04 Å². The van der Waals surface area contributed by atoms with Crippen LogP contribution in [0.15, 0.2) is 30.3 Å². The molecule has 0 aromatic heterocycles. The van der Waals surface area contributed by atoms with Crippen molar-refractivity contribution in [1.82, 2.24) is 10.6 Å². The topological polar surface area (TPSA) is 24.1 Å². The second-order valence-corrected chi connectivity index (χ2v) is 4.18. The second-order valence-electron chi connectivity index (χ2n) is 4.18. The van der Waals surface area contributed by atoms with E-state index in [4.69, 9.17) is 0 Å². The Bertz CT molecular complexity index is 259. The lowest BCUT2D eigenvalue weighted by molar-refractivity contribution is 0.494. The van der Waals surface area contributed by atoms with Crippen LogP contribution in [0.3, 0.4) is 0 Å². The van der Waals surface area contributed by atoms with E-state index in [1.54, 1.807) is 0 Å². The van der Waals surface area contributed by atoms with E-state index in [2.05, 4.69) is 47.9 Å². The maximum atomic E-state index is 3.61. The van der Waals surface area contributed by atoms with Crippen molar-refractivity contribution in [2.45, 2.75) is 32.2 Å². The predicted octanol–water partition coefficient (Wildman–Crippen LogP) is 2.73. The van der Waals surface area contributed by atoms with Crippen molar-refractivity contribution in [3.8, 4) is 0 Å².